The Labute approximate surface area is 107 Å². The van der Waals surface area contributed by atoms with Crippen molar-refractivity contribution in [1.29, 1.82) is 0 Å². The molecule has 1 heteroatoms. The maximum Gasteiger partial charge on any atom is 0.00792 e. The Hall–Kier alpha value is -0.820. The van der Waals surface area contributed by atoms with Crippen LogP contribution in [0.4, 0.5) is 0 Å². The second-order valence-electron chi connectivity index (χ2n) is 5.80. The maximum atomic E-state index is 3.57. The van der Waals surface area contributed by atoms with Gasteiger partial charge in [0.05, 0.1) is 0 Å². The lowest BCUT2D eigenvalue weighted by Crippen LogP contribution is -2.31. The molecule has 1 rings (SSSR count). The molecule has 0 aliphatic heterocycles. The second kappa shape index (κ2) is 6.80. The van der Waals surface area contributed by atoms with Crippen molar-refractivity contribution < 1.29 is 0 Å². The molecule has 1 aromatic carbocycles. The average molecular weight is 233 g/mol. The van der Waals surface area contributed by atoms with E-state index in [2.05, 4.69) is 64.2 Å². The second-order valence-corrected chi connectivity index (χ2v) is 5.80. The van der Waals surface area contributed by atoms with Crippen LogP contribution in [0.1, 0.15) is 51.7 Å². The predicted octanol–water partition coefficient (Wildman–Crippen LogP) is 3.99. The van der Waals surface area contributed by atoms with E-state index in [0.29, 0.717) is 12.0 Å². The minimum absolute atomic E-state index is 0.558. The van der Waals surface area contributed by atoms with Gasteiger partial charge in [-0.15, -0.1) is 0 Å². The first-order valence-electron chi connectivity index (χ1n) is 6.81. The smallest absolute Gasteiger partial charge is 0.00792 e. The van der Waals surface area contributed by atoms with Gasteiger partial charge in [-0.25, -0.2) is 0 Å². The van der Waals surface area contributed by atoms with E-state index < -0.39 is 0 Å². The van der Waals surface area contributed by atoms with Crippen molar-refractivity contribution >= 4 is 0 Å². The summed E-state index contributed by atoms with van der Waals surface area (Å²) < 4.78 is 0. The Morgan fingerprint density at radius 2 is 1.53 bits per heavy atom. The van der Waals surface area contributed by atoms with Gasteiger partial charge in [0.1, 0.15) is 0 Å². The van der Waals surface area contributed by atoms with Crippen molar-refractivity contribution in [3.8, 4) is 0 Å². The molecule has 0 fully saturated rings. The molecular formula is C16H27N. The molecule has 0 aliphatic rings. The van der Waals surface area contributed by atoms with Gasteiger partial charge in [0.25, 0.3) is 0 Å². The summed E-state index contributed by atoms with van der Waals surface area (Å²) in [6.45, 7) is 12.3. The molecule has 1 nitrogen and oxygen atoms in total. The molecule has 1 aromatic rings. The van der Waals surface area contributed by atoms with Crippen LogP contribution >= 0.6 is 0 Å². The van der Waals surface area contributed by atoms with E-state index in [0.717, 1.165) is 18.9 Å². The minimum Gasteiger partial charge on any atom is -0.314 e. The van der Waals surface area contributed by atoms with Crippen LogP contribution in [0, 0.1) is 5.92 Å². The third-order valence-electron chi connectivity index (χ3n) is 3.06. The van der Waals surface area contributed by atoms with Crippen LogP contribution < -0.4 is 5.32 Å². The molecule has 1 N–H and O–H groups in total. The van der Waals surface area contributed by atoms with E-state index in [1.54, 1.807) is 0 Å². The number of nitrogens with one attached hydrogen (secondary N) is 1. The molecule has 1 atom stereocenters. The van der Waals surface area contributed by atoms with E-state index in [-0.39, 0.29) is 0 Å². The van der Waals surface area contributed by atoms with Crippen molar-refractivity contribution in [1.82, 2.24) is 5.32 Å². The molecule has 0 aliphatic carbocycles. The molecular weight excluding hydrogens is 206 g/mol. The number of benzene rings is 1. The van der Waals surface area contributed by atoms with Gasteiger partial charge in [-0.1, -0.05) is 52.0 Å². The molecule has 0 aromatic heterocycles. The molecule has 96 valence electrons. The maximum absolute atomic E-state index is 3.57. The van der Waals surface area contributed by atoms with E-state index in [1.807, 2.05) is 0 Å². The molecule has 0 bridgehead atoms. The average Bonchev–Trinajstić information content (AvgIpc) is 2.27. The highest BCUT2D eigenvalue weighted by atomic mass is 14.9. The Kier molecular flexibility index (Phi) is 5.70. The lowest BCUT2D eigenvalue weighted by Gasteiger charge is -2.16. The predicted molar refractivity (Wildman–Crippen MR) is 76.5 cm³/mol. The van der Waals surface area contributed by atoms with Gasteiger partial charge in [-0.3, -0.25) is 0 Å². The zero-order chi connectivity index (χ0) is 12.8. The summed E-state index contributed by atoms with van der Waals surface area (Å²) in [5.41, 5.74) is 2.86. The topological polar surface area (TPSA) is 12.0 Å². The fourth-order valence-electron chi connectivity index (χ4n) is 1.90. The highest BCUT2D eigenvalue weighted by Gasteiger charge is 2.05. The number of hydrogen-bond donors (Lipinski definition) is 1. The Morgan fingerprint density at radius 3 is 2.00 bits per heavy atom. The fraction of sp³-hybridized carbons (Fsp3) is 0.625. The van der Waals surface area contributed by atoms with Crippen LogP contribution in [0.15, 0.2) is 24.3 Å². The third kappa shape index (κ3) is 5.36. The summed E-state index contributed by atoms with van der Waals surface area (Å²) in [5.74, 6) is 1.35. The Balaban J connectivity index is 2.45. The van der Waals surface area contributed by atoms with Gasteiger partial charge in [-0.05, 0) is 42.9 Å². The third-order valence-corrected chi connectivity index (χ3v) is 3.06. The molecule has 0 saturated carbocycles. The normalized spacial score (nSPS) is 13.4. The van der Waals surface area contributed by atoms with E-state index in [1.165, 1.54) is 11.1 Å². The number of hydrogen-bond acceptors (Lipinski definition) is 1. The summed E-state index contributed by atoms with van der Waals surface area (Å²) in [6.07, 6.45) is 1.12. The van der Waals surface area contributed by atoms with E-state index in [4.69, 9.17) is 0 Å². The van der Waals surface area contributed by atoms with Crippen LogP contribution in [0.5, 0.6) is 0 Å². The summed E-state index contributed by atoms with van der Waals surface area (Å²) >= 11 is 0. The van der Waals surface area contributed by atoms with Gasteiger partial charge < -0.3 is 5.32 Å². The largest absolute Gasteiger partial charge is 0.314 e. The zero-order valence-electron chi connectivity index (χ0n) is 12.0. The van der Waals surface area contributed by atoms with Crippen LogP contribution in [0.2, 0.25) is 0 Å². The van der Waals surface area contributed by atoms with E-state index in [9.17, 15) is 0 Å². The molecule has 0 saturated heterocycles. The highest BCUT2D eigenvalue weighted by Crippen LogP contribution is 2.15. The molecule has 0 radical (unpaired) electrons. The molecule has 1 unspecified atom stereocenters. The lowest BCUT2D eigenvalue weighted by atomic mass is 9.99. The van der Waals surface area contributed by atoms with Gasteiger partial charge in [0.15, 0.2) is 0 Å². The van der Waals surface area contributed by atoms with Crippen LogP contribution in [-0.4, -0.2) is 12.6 Å². The summed E-state index contributed by atoms with van der Waals surface area (Å²) in [4.78, 5) is 0. The SMILES string of the molecule is CC(C)CNC(C)Cc1ccc(C(C)C)cc1. The van der Waals surface area contributed by atoms with Gasteiger partial charge in [0.2, 0.25) is 0 Å². The molecule has 17 heavy (non-hydrogen) atoms. The molecule has 0 spiro atoms. The van der Waals surface area contributed by atoms with Crippen molar-refractivity contribution in [2.75, 3.05) is 6.54 Å². The zero-order valence-corrected chi connectivity index (χ0v) is 12.0. The van der Waals surface area contributed by atoms with Crippen molar-refractivity contribution in [3.63, 3.8) is 0 Å². The van der Waals surface area contributed by atoms with Crippen LogP contribution in [0.25, 0.3) is 0 Å². The monoisotopic (exact) mass is 233 g/mol. The first-order valence-corrected chi connectivity index (χ1v) is 6.81. The molecule has 0 amide bonds. The van der Waals surface area contributed by atoms with Crippen LogP contribution in [-0.2, 0) is 6.42 Å². The first kappa shape index (κ1) is 14.2. The van der Waals surface area contributed by atoms with Gasteiger partial charge >= 0.3 is 0 Å². The first-order chi connectivity index (χ1) is 7.99. The summed E-state index contributed by atoms with van der Waals surface area (Å²) in [7, 11) is 0. The highest BCUT2D eigenvalue weighted by molar-refractivity contribution is 5.25. The minimum atomic E-state index is 0.558. The van der Waals surface area contributed by atoms with E-state index >= 15 is 0 Å². The van der Waals surface area contributed by atoms with Crippen molar-refractivity contribution in [2.24, 2.45) is 5.92 Å². The summed E-state index contributed by atoms with van der Waals surface area (Å²) in [5, 5.41) is 3.57. The Morgan fingerprint density at radius 1 is 0.941 bits per heavy atom. The van der Waals surface area contributed by atoms with Gasteiger partial charge in [0, 0.05) is 6.04 Å². The van der Waals surface area contributed by atoms with Crippen molar-refractivity contribution in [3.05, 3.63) is 35.4 Å². The lowest BCUT2D eigenvalue weighted by molar-refractivity contribution is 0.482. The van der Waals surface area contributed by atoms with Crippen molar-refractivity contribution in [2.45, 2.75) is 53.0 Å². The van der Waals surface area contributed by atoms with Gasteiger partial charge in [-0.2, -0.15) is 0 Å². The summed E-state index contributed by atoms with van der Waals surface area (Å²) in [6, 6.07) is 9.61. The fourth-order valence-corrected chi connectivity index (χ4v) is 1.90. The number of rotatable bonds is 6. The van der Waals surface area contributed by atoms with Crippen LogP contribution in [0.3, 0.4) is 0 Å². The quantitative estimate of drug-likeness (QED) is 0.783. The standard InChI is InChI=1S/C16H27N/c1-12(2)11-17-14(5)10-15-6-8-16(9-7-15)13(3)4/h6-9,12-14,17H,10-11H2,1-5H3. The molecule has 0 heterocycles. The Bertz CT molecular complexity index is 311.